The molecule has 35 heavy (non-hydrogen) atoms. The molecular weight excluding hydrogens is 464 g/mol. The second-order valence-electron chi connectivity index (χ2n) is 8.26. The van der Waals surface area contributed by atoms with E-state index in [1.807, 2.05) is 48.5 Å². The van der Waals surface area contributed by atoms with Gasteiger partial charge in [-0.25, -0.2) is 9.97 Å². The molecule has 0 radical (unpaired) electrons. The molecule has 4 aromatic rings. The lowest BCUT2D eigenvalue weighted by Crippen LogP contribution is -2.47. The Morgan fingerprint density at radius 1 is 0.743 bits per heavy atom. The molecule has 3 aromatic carbocycles. The van der Waals surface area contributed by atoms with Crippen molar-refractivity contribution in [2.45, 2.75) is 0 Å². The Labute approximate surface area is 209 Å². The molecular formula is C27H27ClN4O3. The summed E-state index contributed by atoms with van der Waals surface area (Å²) < 4.78 is 16.6. The van der Waals surface area contributed by atoms with Crippen LogP contribution in [0.2, 0.25) is 5.02 Å². The van der Waals surface area contributed by atoms with Crippen molar-refractivity contribution in [3.05, 3.63) is 65.7 Å². The van der Waals surface area contributed by atoms with E-state index in [2.05, 4.69) is 21.9 Å². The van der Waals surface area contributed by atoms with Gasteiger partial charge in [-0.3, -0.25) is 0 Å². The number of piperazine rings is 1. The van der Waals surface area contributed by atoms with Crippen LogP contribution in [0, 0.1) is 0 Å². The second-order valence-corrected chi connectivity index (χ2v) is 8.69. The zero-order valence-corrected chi connectivity index (χ0v) is 20.7. The molecule has 180 valence electrons. The third-order valence-corrected chi connectivity index (χ3v) is 6.49. The van der Waals surface area contributed by atoms with Gasteiger partial charge in [0.1, 0.15) is 5.82 Å². The normalized spacial score (nSPS) is 13.7. The maximum atomic E-state index is 6.21. The number of anilines is 2. The summed E-state index contributed by atoms with van der Waals surface area (Å²) in [6, 6.07) is 19.9. The zero-order chi connectivity index (χ0) is 24.4. The minimum Gasteiger partial charge on any atom is -0.493 e. The van der Waals surface area contributed by atoms with Crippen LogP contribution in [-0.2, 0) is 0 Å². The van der Waals surface area contributed by atoms with Gasteiger partial charge >= 0.3 is 0 Å². The topological polar surface area (TPSA) is 60.0 Å². The van der Waals surface area contributed by atoms with Crippen molar-refractivity contribution in [2.75, 3.05) is 57.3 Å². The Hall–Kier alpha value is -3.71. The highest BCUT2D eigenvalue weighted by atomic mass is 35.5. The summed E-state index contributed by atoms with van der Waals surface area (Å²) in [5.74, 6) is 3.20. The monoisotopic (exact) mass is 490 g/mol. The van der Waals surface area contributed by atoms with Gasteiger partial charge in [-0.15, -0.1) is 0 Å². The molecule has 1 aromatic heterocycles. The summed E-state index contributed by atoms with van der Waals surface area (Å²) in [5.41, 5.74) is 2.82. The van der Waals surface area contributed by atoms with Crippen molar-refractivity contribution in [2.24, 2.45) is 0 Å². The average Bonchev–Trinajstić information content (AvgIpc) is 2.91. The van der Waals surface area contributed by atoms with Crippen LogP contribution in [0.3, 0.4) is 0 Å². The third-order valence-electron chi connectivity index (χ3n) is 6.26. The van der Waals surface area contributed by atoms with Crippen LogP contribution in [0.25, 0.3) is 22.3 Å². The first-order valence-corrected chi connectivity index (χ1v) is 11.8. The molecule has 0 unspecified atom stereocenters. The molecule has 5 rings (SSSR count). The van der Waals surface area contributed by atoms with Crippen LogP contribution in [0.15, 0.2) is 60.7 Å². The number of aromatic nitrogens is 2. The van der Waals surface area contributed by atoms with Crippen LogP contribution >= 0.6 is 11.6 Å². The van der Waals surface area contributed by atoms with Crippen molar-refractivity contribution in [3.63, 3.8) is 0 Å². The molecule has 1 fully saturated rings. The molecule has 0 aliphatic carbocycles. The maximum absolute atomic E-state index is 6.21. The van der Waals surface area contributed by atoms with Gasteiger partial charge in [0.25, 0.3) is 0 Å². The average molecular weight is 491 g/mol. The van der Waals surface area contributed by atoms with E-state index >= 15 is 0 Å². The maximum Gasteiger partial charge on any atom is 0.203 e. The largest absolute Gasteiger partial charge is 0.493 e. The van der Waals surface area contributed by atoms with E-state index in [9.17, 15) is 0 Å². The minimum atomic E-state index is 0.539. The molecule has 1 aliphatic rings. The first-order valence-electron chi connectivity index (χ1n) is 11.4. The summed E-state index contributed by atoms with van der Waals surface area (Å²) >= 11 is 6.21. The van der Waals surface area contributed by atoms with Gasteiger partial charge in [0, 0.05) is 47.8 Å². The Kier molecular flexibility index (Phi) is 6.51. The van der Waals surface area contributed by atoms with Crippen LogP contribution in [0.4, 0.5) is 11.5 Å². The molecule has 8 heteroatoms. The van der Waals surface area contributed by atoms with Crippen LogP contribution in [-0.4, -0.2) is 57.5 Å². The number of rotatable bonds is 6. The highest BCUT2D eigenvalue weighted by molar-refractivity contribution is 6.30. The fourth-order valence-corrected chi connectivity index (χ4v) is 4.67. The second kappa shape index (κ2) is 9.88. The molecule has 7 nitrogen and oxygen atoms in total. The molecule has 1 saturated heterocycles. The van der Waals surface area contributed by atoms with Gasteiger partial charge in [0.15, 0.2) is 17.3 Å². The Bertz CT molecular complexity index is 1330. The number of para-hydroxylation sites is 1. The molecule has 0 spiro atoms. The van der Waals surface area contributed by atoms with Crippen LogP contribution in [0.1, 0.15) is 0 Å². The Morgan fingerprint density at radius 3 is 2.09 bits per heavy atom. The Balaban J connectivity index is 1.52. The highest BCUT2D eigenvalue weighted by Crippen LogP contribution is 2.41. The molecule has 0 N–H and O–H groups in total. The Morgan fingerprint density at radius 2 is 1.43 bits per heavy atom. The fourth-order valence-electron chi connectivity index (χ4n) is 4.49. The van der Waals surface area contributed by atoms with Crippen molar-refractivity contribution in [1.29, 1.82) is 0 Å². The fraction of sp³-hybridized carbons (Fsp3) is 0.259. The first kappa shape index (κ1) is 23.1. The molecule has 0 atom stereocenters. The van der Waals surface area contributed by atoms with Gasteiger partial charge in [-0.1, -0.05) is 29.8 Å². The molecule has 2 heterocycles. The van der Waals surface area contributed by atoms with Gasteiger partial charge in [0.2, 0.25) is 5.75 Å². The molecule has 0 amide bonds. The van der Waals surface area contributed by atoms with E-state index in [0.717, 1.165) is 59.2 Å². The lowest BCUT2D eigenvalue weighted by molar-refractivity contribution is 0.324. The number of halogens is 1. The summed E-state index contributed by atoms with van der Waals surface area (Å²) in [4.78, 5) is 14.6. The van der Waals surface area contributed by atoms with Gasteiger partial charge in [-0.05, 0) is 42.5 Å². The van der Waals surface area contributed by atoms with E-state index in [4.69, 9.17) is 35.8 Å². The number of benzene rings is 3. The lowest BCUT2D eigenvalue weighted by atomic mass is 10.1. The number of fused-ring (bicyclic) bond motifs is 1. The highest BCUT2D eigenvalue weighted by Gasteiger charge is 2.23. The van der Waals surface area contributed by atoms with Gasteiger partial charge in [-0.2, -0.15) is 0 Å². The van der Waals surface area contributed by atoms with Crippen molar-refractivity contribution >= 4 is 34.0 Å². The van der Waals surface area contributed by atoms with E-state index < -0.39 is 0 Å². The number of methoxy groups -OCH3 is 3. The summed E-state index contributed by atoms with van der Waals surface area (Å²) in [7, 11) is 4.80. The van der Waals surface area contributed by atoms with Crippen molar-refractivity contribution in [3.8, 4) is 28.6 Å². The number of nitrogens with zero attached hydrogens (tertiary/aromatic N) is 4. The SMILES string of the molecule is COc1cc(-c2nc(N3CCN(c4cccc(Cl)c4)CC3)c3ccccc3n2)cc(OC)c1OC. The summed E-state index contributed by atoms with van der Waals surface area (Å²) in [5, 5.41) is 1.78. The van der Waals surface area contributed by atoms with Crippen LogP contribution < -0.4 is 24.0 Å². The minimum absolute atomic E-state index is 0.539. The summed E-state index contributed by atoms with van der Waals surface area (Å²) in [6.45, 7) is 3.42. The van der Waals surface area contributed by atoms with E-state index in [-0.39, 0.29) is 0 Å². The van der Waals surface area contributed by atoms with Gasteiger partial charge < -0.3 is 24.0 Å². The van der Waals surface area contributed by atoms with E-state index in [0.29, 0.717) is 23.1 Å². The van der Waals surface area contributed by atoms with E-state index in [1.165, 1.54) is 0 Å². The van der Waals surface area contributed by atoms with Crippen LogP contribution in [0.5, 0.6) is 17.2 Å². The molecule has 0 saturated carbocycles. The smallest absolute Gasteiger partial charge is 0.203 e. The predicted molar refractivity (Wildman–Crippen MR) is 141 cm³/mol. The lowest BCUT2D eigenvalue weighted by Gasteiger charge is -2.37. The number of hydrogen-bond acceptors (Lipinski definition) is 7. The molecule has 0 bridgehead atoms. The van der Waals surface area contributed by atoms with E-state index in [1.54, 1.807) is 21.3 Å². The molecule has 1 aliphatic heterocycles. The quantitative estimate of drug-likeness (QED) is 0.363. The number of hydrogen-bond donors (Lipinski definition) is 0. The standard InChI is InChI=1S/C27H27ClN4O3/c1-33-23-15-18(16-24(34-2)25(23)35-3)26-29-22-10-5-4-9-21(22)27(30-26)32-13-11-31(12-14-32)20-8-6-7-19(28)17-20/h4-10,15-17H,11-14H2,1-3H3. The van der Waals surface area contributed by atoms with Crippen molar-refractivity contribution < 1.29 is 14.2 Å². The summed E-state index contributed by atoms with van der Waals surface area (Å²) in [6.07, 6.45) is 0. The zero-order valence-electron chi connectivity index (χ0n) is 20.0. The van der Waals surface area contributed by atoms with Crippen molar-refractivity contribution in [1.82, 2.24) is 9.97 Å². The number of ether oxygens (including phenoxy) is 3. The predicted octanol–water partition coefficient (Wildman–Crippen LogP) is 5.30. The third kappa shape index (κ3) is 4.51. The van der Waals surface area contributed by atoms with Gasteiger partial charge in [0.05, 0.1) is 26.8 Å². The first-order chi connectivity index (χ1) is 17.1.